The molecule has 152 valence electrons. The number of rotatable bonds is 4. The van der Waals surface area contributed by atoms with Gasteiger partial charge in [-0.15, -0.1) is 0 Å². The lowest BCUT2D eigenvalue weighted by molar-refractivity contribution is -0.138. The topological polar surface area (TPSA) is 79.3 Å². The van der Waals surface area contributed by atoms with Crippen molar-refractivity contribution in [3.05, 3.63) is 81.7 Å². The number of carbonyl (C=O) groups excluding carboxylic acids is 1. The minimum atomic E-state index is -0.566. The number of nitriles is 1. The monoisotopic (exact) mass is 417 g/mol. The molecule has 0 amide bonds. The number of para-hydroxylation sites is 1. The van der Waals surface area contributed by atoms with Crippen LogP contribution in [-0.4, -0.2) is 12.6 Å². The molecule has 0 saturated heterocycles. The van der Waals surface area contributed by atoms with E-state index in [1.54, 1.807) is 6.92 Å². The Morgan fingerprint density at radius 2 is 1.93 bits per heavy atom. The third kappa shape index (κ3) is 3.16. The summed E-state index contributed by atoms with van der Waals surface area (Å²) >= 11 is 1.51. The zero-order valence-electron chi connectivity index (χ0n) is 17.2. The first kappa shape index (κ1) is 20.1. The van der Waals surface area contributed by atoms with Crippen molar-refractivity contribution in [3.63, 3.8) is 0 Å². The van der Waals surface area contributed by atoms with Crippen molar-refractivity contribution in [2.45, 2.75) is 37.5 Å². The Morgan fingerprint density at radius 3 is 2.57 bits per heavy atom. The molecular formula is C24H23N3O2S. The first-order valence-electron chi connectivity index (χ1n) is 9.95. The van der Waals surface area contributed by atoms with Crippen molar-refractivity contribution in [3.8, 4) is 6.07 Å². The highest BCUT2D eigenvalue weighted by Crippen LogP contribution is 2.54. The molecule has 0 fully saturated rings. The molecule has 30 heavy (non-hydrogen) atoms. The van der Waals surface area contributed by atoms with Gasteiger partial charge in [-0.25, -0.2) is 4.79 Å². The number of esters is 1. The van der Waals surface area contributed by atoms with Gasteiger partial charge in [-0.3, -0.25) is 4.90 Å². The number of hydrogen-bond acceptors (Lipinski definition) is 6. The zero-order chi connectivity index (χ0) is 21.4. The number of thioether (sulfide) groups is 1. The average molecular weight is 418 g/mol. The minimum Gasteiger partial charge on any atom is -0.463 e. The highest BCUT2D eigenvalue weighted by molar-refractivity contribution is 8.03. The molecule has 1 unspecified atom stereocenters. The van der Waals surface area contributed by atoms with Crippen molar-refractivity contribution < 1.29 is 9.53 Å². The van der Waals surface area contributed by atoms with Crippen LogP contribution in [0.4, 0.5) is 5.69 Å². The van der Waals surface area contributed by atoms with Crippen molar-refractivity contribution in [1.29, 1.82) is 5.26 Å². The SMILES string of the molecule is CCOC(=O)C1=C(N)N2C(=C(C#N)C1c1ccc(C(C)C)cc1)Sc1ccccc12. The van der Waals surface area contributed by atoms with Crippen LogP contribution >= 0.6 is 11.8 Å². The highest BCUT2D eigenvalue weighted by Gasteiger charge is 2.43. The van der Waals surface area contributed by atoms with E-state index in [1.807, 2.05) is 53.4 Å². The molecule has 0 aliphatic carbocycles. The summed E-state index contributed by atoms with van der Waals surface area (Å²) in [6, 6.07) is 18.2. The number of ether oxygens (including phenoxy) is 1. The van der Waals surface area contributed by atoms with E-state index in [-0.39, 0.29) is 6.61 Å². The predicted molar refractivity (Wildman–Crippen MR) is 119 cm³/mol. The smallest absolute Gasteiger partial charge is 0.338 e. The number of carbonyl (C=O) groups is 1. The third-order valence-corrected chi connectivity index (χ3v) is 6.55. The molecule has 2 N–H and O–H groups in total. The summed E-state index contributed by atoms with van der Waals surface area (Å²) in [6.45, 7) is 6.25. The first-order valence-corrected chi connectivity index (χ1v) is 10.8. The van der Waals surface area contributed by atoms with Crippen molar-refractivity contribution in [2.24, 2.45) is 5.73 Å². The maximum atomic E-state index is 13.0. The number of anilines is 1. The van der Waals surface area contributed by atoms with Gasteiger partial charge in [-0.05, 0) is 36.1 Å². The largest absolute Gasteiger partial charge is 0.463 e. The van der Waals surface area contributed by atoms with E-state index in [2.05, 4.69) is 19.9 Å². The summed E-state index contributed by atoms with van der Waals surface area (Å²) in [4.78, 5) is 15.8. The van der Waals surface area contributed by atoms with Gasteiger partial charge in [-0.1, -0.05) is 62.0 Å². The van der Waals surface area contributed by atoms with Crippen LogP contribution in [0.5, 0.6) is 0 Å². The Kier molecular flexibility index (Phi) is 5.31. The second-order valence-corrected chi connectivity index (χ2v) is 8.54. The molecule has 0 radical (unpaired) electrons. The van der Waals surface area contributed by atoms with E-state index in [4.69, 9.17) is 10.5 Å². The number of hydrogen-bond donors (Lipinski definition) is 1. The van der Waals surface area contributed by atoms with E-state index in [0.717, 1.165) is 21.2 Å². The van der Waals surface area contributed by atoms with E-state index < -0.39 is 11.9 Å². The lowest BCUT2D eigenvalue weighted by Gasteiger charge is -2.33. The Labute approximate surface area is 180 Å². The predicted octanol–water partition coefficient (Wildman–Crippen LogP) is 4.99. The molecule has 4 rings (SSSR count). The lowest BCUT2D eigenvalue weighted by atomic mass is 9.82. The first-order chi connectivity index (χ1) is 14.5. The number of benzene rings is 2. The summed E-state index contributed by atoms with van der Waals surface area (Å²) in [5, 5.41) is 10.9. The van der Waals surface area contributed by atoms with Crippen LogP contribution in [0.15, 0.2) is 75.4 Å². The van der Waals surface area contributed by atoms with Gasteiger partial charge in [0.05, 0.1) is 35.4 Å². The average Bonchev–Trinajstić information content (AvgIpc) is 3.13. The second-order valence-electron chi connectivity index (χ2n) is 7.51. The van der Waals surface area contributed by atoms with Crippen LogP contribution < -0.4 is 10.6 Å². The molecule has 2 aliphatic rings. The molecule has 0 saturated carbocycles. The zero-order valence-corrected chi connectivity index (χ0v) is 18.0. The van der Waals surface area contributed by atoms with Gasteiger partial charge in [0.15, 0.2) is 0 Å². The van der Waals surface area contributed by atoms with Gasteiger partial charge in [0.25, 0.3) is 0 Å². The molecule has 1 atom stereocenters. The fourth-order valence-electron chi connectivity index (χ4n) is 3.89. The quantitative estimate of drug-likeness (QED) is 0.706. The fourth-order valence-corrected chi connectivity index (χ4v) is 5.07. The van der Waals surface area contributed by atoms with Gasteiger partial charge in [-0.2, -0.15) is 5.26 Å². The van der Waals surface area contributed by atoms with Gasteiger partial charge in [0, 0.05) is 4.90 Å². The van der Waals surface area contributed by atoms with Crippen LogP contribution in [0.2, 0.25) is 0 Å². The Morgan fingerprint density at radius 1 is 1.23 bits per heavy atom. The number of allylic oxidation sites excluding steroid dienone is 1. The summed E-state index contributed by atoms with van der Waals surface area (Å²) in [7, 11) is 0. The molecule has 2 aromatic carbocycles. The molecule has 0 aromatic heterocycles. The maximum Gasteiger partial charge on any atom is 0.338 e. The number of nitrogens with two attached hydrogens (primary N) is 1. The third-order valence-electron chi connectivity index (χ3n) is 5.39. The Bertz CT molecular complexity index is 1110. The normalized spacial score (nSPS) is 17.7. The van der Waals surface area contributed by atoms with Gasteiger partial charge >= 0.3 is 5.97 Å². The Hall–Kier alpha value is -3.17. The number of nitrogens with zero attached hydrogens (tertiary/aromatic N) is 2. The van der Waals surface area contributed by atoms with Crippen molar-refractivity contribution in [2.75, 3.05) is 11.5 Å². The van der Waals surface area contributed by atoms with E-state index in [9.17, 15) is 10.1 Å². The van der Waals surface area contributed by atoms with E-state index >= 15 is 0 Å². The van der Waals surface area contributed by atoms with Crippen LogP contribution in [0, 0.1) is 11.3 Å². The molecule has 0 spiro atoms. The van der Waals surface area contributed by atoms with Gasteiger partial charge < -0.3 is 10.5 Å². The van der Waals surface area contributed by atoms with Gasteiger partial charge in [0.2, 0.25) is 0 Å². The van der Waals surface area contributed by atoms with Crippen LogP contribution in [0.1, 0.15) is 43.7 Å². The standard InChI is InChI=1S/C24H23N3O2S/c1-4-29-24(28)21-20(16-11-9-15(10-12-16)14(2)3)17(13-25)23-27(22(21)26)18-7-5-6-8-19(18)30-23/h5-12,14,20H,4,26H2,1-3H3. The van der Waals surface area contributed by atoms with E-state index in [1.165, 1.54) is 17.3 Å². The fraction of sp³-hybridized carbons (Fsp3) is 0.250. The number of fused-ring (bicyclic) bond motifs is 3. The maximum absolute atomic E-state index is 13.0. The molecule has 6 heteroatoms. The summed E-state index contributed by atoms with van der Waals surface area (Å²) < 4.78 is 5.35. The summed E-state index contributed by atoms with van der Waals surface area (Å²) in [6.07, 6.45) is 0. The molecule has 2 aliphatic heterocycles. The van der Waals surface area contributed by atoms with Crippen LogP contribution in [0.25, 0.3) is 0 Å². The van der Waals surface area contributed by atoms with E-state index in [0.29, 0.717) is 22.9 Å². The van der Waals surface area contributed by atoms with Crippen molar-refractivity contribution >= 4 is 23.4 Å². The van der Waals surface area contributed by atoms with Crippen LogP contribution in [0.3, 0.4) is 0 Å². The molecule has 0 bridgehead atoms. The minimum absolute atomic E-state index is 0.235. The van der Waals surface area contributed by atoms with Crippen LogP contribution in [-0.2, 0) is 9.53 Å². The molecular weight excluding hydrogens is 394 g/mol. The molecule has 2 heterocycles. The highest BCUT2D eigenvalue weighted by atomic mass is 32.2. The van der Waals surface area contributed by atoms with Crippen molar-refractivity contribution in [1.82, 2.24) is 0 Å². The molecule has 2 aromatic rings. The molecule has 5 nitrogen and oxygen atoms in total. The van der Waals surface area contributed by atoms with Gasteiger partial charge in [0.1, 0.15) is 10.9 Å². The Balaban J connectivity index is 1.92. The second kappa shape index (κ2) is 7.92. The summed E-state index contributed by atoms with van der Waals surface area (Å²) in [5.41, 5.74) is 10.3. The summed E-state index contributed by atoms with van der Waals surface area (Å²) in [5.74, 6) is -0.352. The lowest BCUT2D eigenvalue weighted by Crippen LogP contribution is -2.35.